The number of nitrogens with zero attached hydrogens (tertiary/aromatic N) is 4. The van der Waals surface area contributed by atoms with Crippen molar-refractivity contribution in [1.82, 2.24) is 19.6 Å². The molecule has 0 aliphatic carbocycles. The Kier molecular flexibility index (Phi) is 3.40. The summed E-state index contributed by atoms with van der Waals surface area (Å²) in [4.78, 5) is 7.92. The van der Waals surface area contributed by atoms with E-state index in [1.54, 1.807) is 19.9 Å². The van der Waals surface area contributed by atoms with Crippen molar-refractivity contribution in [3.8, 4) is 0 Å². The Labute approximate surface area is 115 Å². The Morgan fingerprint density at radius 1 is 1.47 bits per heavy atom. The third kappa shape index (κ3) is 2.79. The fraction of sp³-hybridized carbons (Fsp3) is 0.500. The first kappa shape index (κ1) is 14.0. The molecule has 2 rings (SSSR count). The van der Waals surface area contributed by atoms with E-state index in [1.807, 2.05) is 0 Å². The van der Waals surface area contributed by atoms with E-state index in [2.05, 4.69) is 20.4 Å². The van der Waals surface area contributed by atoms with Crippen LogP contribution in [0.2, 0.25) is 5.15 Å². The van der Waals surface area contributed by atoms with Crippen molar-refractivity contribution in [2.75, 3.05) is 18.1 Å². The highest BCUT2D eigenvalue weighted by molar-refractivity contribution is 7.92. The lowest BCUT2D eigenvalue weighted by Crippen LogP contribution is -2.38. The Hall–Kier alpha value is -1.41. The second-order valence-corrected chi connectivity index (χ2v) is 7.86. The minimum atomic E-state index is -3.18. The molecule has 0 atom stereocenters. The molecule has 104 valence electrons. The van der Waals surface area contributed by atoms with E-state index in [-0.39, 0.29) is 11.7 Å². The van der Waals surface area contributed by atoms with Gasteiger partial charge >= 0.3 is 0 Å². The molecule has 0 fully saturated rings. The number of hydrogen-bond acceptors (Lipinski definition) is 6. The second kappa shape index (κ2) is 4.61. The molecule has 7 nitrogen and oxygen atoms in total. The lowest BCUT2D eigenvalue weighted by Gasteiger charge is -2.23. The van der Waals surface area contributed by atoms with Gasteiger partial charge in [-0.15, -0.1) is 0 Å². The molecule has 1 N–H and O–H groups in total. The number of rotatable bonds is 4. The standard InChI is InChI=1S/C10H14ClN5O2S/c1-10(2,19(3,17)18)5-12-8-4-7(11)15-9-13-6-14-16(8)9/h4,6,12H,5H2,1-3H3. The Morgan fingerprint density at radius 2 is 2.16 bits per heavy atom. The number of hydrogen-bond donors (Lipinski definition) is 1. The van der Waals surface area contributed by atoms with Crippen LogP contribution in [0.1, 0.15) is 13.8 Å². The first-order valence-electron chi connectivity index (χ1n) is 5.50. The molecule has 2 heterocycles. The molecule has 19 heavy (non-hydrogen) atoms. The summed E-state index contributed by atoms with van der Waals surface area (Å²) in [6.07, 6.45) is 2.56. The maximum atomic E-state index is 11.6. The van der Waals surface area contributed by atoms with Gasteiger partial charge in [-0.25, -0.2) is 8.42 Å². The molecule has 0 saturated carbocycles. The zero-order valence-electron chi connectivity index (χ0n) is 10.8. The molecular weight excluding hydrogens is 290 g/mol. The van der Waals surface area contributed by atoms with Crippen LogP contribution in [-0.2, 0) is 9.84 Å². The molecule has 0 amide bonds. The molecule has 0 aromatic carbocycles. The van der Waals surface area contributed by atoms with E-state index < -0.39 is 14.6 Å². The van der Waals surface area contributed by atoms with Gasteiger partial charge in [-0.3, -0.25) is 0 Å². The summed E-state index contributed by atoms with van der Waals surface area (Å²) >= 11 is 5.87. The normalized spacial score (nSPS) is 12.8. The van der Waals surface area contributed by atoms with Gasteiger partial charge < -0.3 is 5.32 Å². The average molecular weight is 304 g/mol. The maximum absolute atomic E-state index is 11.6. The fourth-order valence-electron chi connectivity index (χ4n) is 1.34. The summed E-state index contributed by atoms with van der Waals surface area (Å²) in [5, 5.41) is 7.28. The summed E-state index contributed by atoms with van der Waals surface area (Å²) in [6, 6.07) is 1.57. The fourth-order valence-corrected chi connectivity index (χ4v) is 1.86. The highest BCUT2D eigenvalue weighted by atomic mass is 35.5. The summed E-state index contributed by atoms with van der Waals surface area (Å²) in [7, 11) is -3.18. The Morgan fingerprint density at radius 3 is 2.79 bits per heavy atom. The zero-order chi connectivity index (χ0) is 14.3. The van der Waals surface area contributed by atoms with Gasteiger partial charge in [0, 0.05) is 18.9 Å². The van der Waals surface area contributed by atoms with E-state index in [9.17, 15) is 8.42 Å². The highest BCUT2D eigenvalue weighted by Gasteiger charge is 2.30. The molecule has 2 aromatic rings. The van der Waals surface area contributed by atoms with Gasteiger partial charge in [0.15, 0.2) is 9.84 Å². The minimum Gasteiger partial charge on any atom is -0.368 e. The van der Waals surface area contributed by atoms with E-state index in [1.165, 1.54) is 17.1 Å². The van der Waals surface area contributed by atoms with Gasteiger partial charge in [0.2, 0.25) is 0 Å². The van der Waals surface area contributed by atoms with Crippen molar-refractivity contribution >= 4 is 33.0 Å². The van der Waals surface area contributed by atoms with Gasteiger partial charge in [0.1, 0.15) is 17.3 Å². The molecule has 0 spiro atoms. The monoisotopic (exact) mass is 303 g/mol. The van der Waals surface area contributed by atoms with Crippen molar-refractivity contribution in [2.45, 2.75) is 18.6 Å². The topological polar surface area (TPSA) is 89.2 Å². The quantitative estimate of drug-likeness (QED) is 0.848. The molecule has 0 saturated heterocycles. The number of halogens is 1. The molecule has 9 heteroatoms. The van der Waals surface area contributed by atoms with E-state index >= 15 is 0 Å². The van der Waals surface area contributed by atoms with Crippen LogP contribution in [0.3, 0.4) is 0 Å². The number of fused-ring (bicyclic) bond motifs is 1. The van der Waals surface area contributed by atoms with Crippen molar-refractivity contribution in [3.05, 3.63) is 17.5 Å². The van der Waals surface area contributed by atoms with Crippen LogP contribution in [0.5, 0.6) is 0 Å². The minimum absolute atomic E-state index is 0.223. The van der Waals surface area contributed by atoms with E-state index in [4.69, 9.17) is 11.6 Å². The lowest BCUT2D eigenvalue weighted by atomic mass is 10.2. The zero-order valence-corrected chi connectivity index (χ0v) is 12.3. The number of aromatic nitrogens is 4. The van der Waals surface area contributed by atoms with Gasteiger partial charge in [0.05, 0.1) is 4.75 Å². The summed E-state index contributed by atoms with van der Waals surface area (Å²) in [6.45, 7) is 3.52. The molecule has 0 aliphatic rings. The first-order valence-corrected chi connectivity index (χ1v) is 7.77. The van der Waals surface area contributed by atoms with Gasteiger partial charge in [-0.1, -0.05) is 11.6 Å². The van der Waals surface area contributed by atoms with Crippen LogP contribution in [0.15, 0.2) is 12.4 Å². The van der Waals surface area contributed by atoms with Gasteiger partial charge in [-0.2, -0.15) is 19.6 Å². The van der Waals surface area contributed by atoms with Crippen molar-refractivity contribution in [2.24, 2.45) is 0 Å². The average Bonchev–Trinajstić information content (AvgIpc) is 2.72. The van der Waals surface area contributed by atoms with Crippen LogP contribution in [0.25, 0.3) is 5.78 Å². The summed E-state index contributed by atoms with van der Waals surface area (Å²) in [5.41, 5.74) is 0. The van der Waals surface area contributed by atoms with Gasteiger partial charge in [0.25, 0.3) is 5.78 Å². The highest BCUT2D eigenvalue weighted by Crippen LogP contribution is 2.19. The van der Waals surface area contributed by atoms with Crippen molar-refractivity contribution < 1.29 is 8.42 Å². The number of anilines is 1. The van der Waals surface area contributed by atoms with Crippen molar-refractivity contribution in [3.63, 3.8) is 0 Å². The predicted octanol–water partition coefficient (Wildman–Crippen LogP) is 1.01. The third-order valence-electron chi connectivity index (χ3n) is 2.92. The molecule has 0 aliphatic heterocycles. The molecule has 0 radical (unpaired) electrons. The van der Waals surface area contributed by atoms with E-state index in [0.29, 0.717) is 11.6 Å². The van der Waals surface area contributed by atoms with Crippen LogP contribution in [-0.4, -0.2) is 45.5 Å². The summed E-state index contributed by atoms with van der Waals surface area (Å²) < 4.78 is 23.8. The summed E-state index contributed by atoms with van der Waals surface area (Å²) in [5.74, 6) is 0.899. The molecule has 0 unspecified atom stereocenters. The maximum Gasteiger partial charge on any atom is 0.255 e. The molecular formula is C10H14ClN5O2S. The predicted molar refractivity (Wildman–Crippen MR) is 73.2 cm³/mol. The Balaban J connectivity index is 2.30. The second-order valence-electron chi connectivity index (χ2n) is 4.82. The van der Waals surface area contributed by atoms with Gasteiger partial charge in [-0.05, 0) is 13.8 Å². The van der Waals surface area contributed by atoms with Crippen molar-refractivity contribution in [1.29, 1.82) is 0 Å². The largest absolute Gasteiger partial charge is 0.368 e. The number of sulfone groups is 1. The Bertz CT molecular complexity index is 710. The number of nitrogens with one attached hydrogen (secondary N) is 1. The third-order valence-corrected chi connectivity index (χ3v) is 5.27. The lowest BCUT2D eigenvalue weighted by molar-refractivity contribution is 0.559. The molecule has 0 bridgehead atoms. The van der Waals surface area contributed by atoms with Crippen LogP contribution in [0.4, 0.5) is 5.82 Å². The SMILES string of the molecule is CC(C)(CNc1cc(Cl)nc2ncnn12)S(C)(=O)=O. The molecule has 2 aromatic heterocycles. The smallest absolute Gasteiger partial charge is 0.255 e. The van der Waals surface area contributed by atoms with E-state index in [0.717, 1.165) is 0 Å². The van der Waals surface area contributed by atoms with Crippen LogP contribution >= 0.6 is 11.6 Å². The van der Waals surface area contributed by atoms with Crippen LogP contribution in [0, 0.1) is 0 Å². The van der Waals surface area contributed by atoms with Crippen LogP contribution < -0.4 is 5.32 Å². The first-order chi connectivity index (χ1) is 8.71.